The quantitative estimate of drug-likeness (QED) is 0.621. The van der Waals surface area contributed by atoms with Gasteiger partial charge in [-0.2, -0.15) is 0 Å². The first-order valence-electron chi connectivity index (χ1n) is 5.06. The van der Waals surface area contributed by atoms with Crippen LogP contribution in [0.5, 0.6) is 0 Å². The number of carbonyl (C=O) groups is 2. The van der Waals surface area contributed by atoms with Gasteiger partial charge < -0.3 is 14.6 Å². The molecule has 1 aliphatic rings. The Balaban J connectivity index is 3.04. The average molecular weight is 213 g/mol. The molecule has 0 N–H and O–H groups in total. The van der Waals surface area contributed by atoms with Gasteiger partial charge in [-0.1, -0.05) is 20.8 Å². The van der Waals surface area contributed by atoms with Crippen LogP contribution in [0.25, 0.3) is 0 Å². The zero-order valence-corrected chi connectivity index (χ0v) is 9.62. The number of hydrogen-bond acceptors (Lipinski definition) is 4. The highest BCUT2D eigenvalue weighted by molar-refractivity contribution is 5.79. The third-order valence-corrected chi connectivity index (χ3v) is 4.16. The molecule has 15 heavy (non-hydrogen) atoms. The zero-order chi connectivity index (χ0) is 11.9. The van der Waals surface area contributed by atoms with Crippen molar-refractivity contribution in [1.82, 2.24) is 0 Å². The first-order valence-corrected chi connectivity index (χ1v) is 5.06. The molecule has 0 saturated heterocycles. The number of esters is 1. The lowest BCUT2D eigenvalue weighted by Gasteiger charge is -2.41. The fraction of sp³-hybridized carbons (Fsp3) is 0.818. The summed E-state index contributed by atoms with van der Waals surface area (Å²) in [7, 11) is 1.33. The van der Waals surface area contributed by atoms with Crippen LogP contribution in [0.15, 0.2) is 0 Å². The van der Waals surface area contributed by atoms with Crippen molar-refractivity contribution in [3.8, 4) is 0 Å². The number of carboxylic acids is 1. The van der Waals surface area contributed by atoms with Gasteiger partial charge in [0.05, 0.1) is 13.0 Å². The lowest BCUT2D eigenvalue weighted by molar-refractivity contribution is -0.323. The molecular weight excluding hydrogens is 196 g/mol. The number of aliphatic carboxylic acids is 1. The van der Waals surface area contributed by atoms with Crippen LogP contribution in [0, 0.1) is 16.7 Å². The van der Waals surface area contributed by atoms with E-state index in [9.17, 15) is 14.7 Å². The van der Waals surface area contributed by atoms with Crippen molar-refractivity contribution in [2.24, 2.45) is 16.7 Å². The van der Waals surface area contributed by atoms with Gasteiger partial charge in [-0.05, 0) is 18.3 Å². The van der Waals surface area contributed by atoms with Crippen LogP contribution in [0.3, 0.4) is 0 Å². The minimum Gasteiger partial charge on any atom is -0.550 e. The van der Waals surface area contributed by atoms with Gasteiger partial charge in [0.15, 0.2) is 0 Å². The van der Waals surface area contributed by atoms with Gasteiger partial charge in [0, 0.05) is 11.4 Å². The Morgan fingerprint density at radius 2 is 1.87 bits per heavy atom. The van der Waals surface area contributed by atoms with Crippen LogP contribution in [0.4, 0.5) is 0 Å². The van der Waals surface area contributed by atoms with E-state index in [1.807, 2.05) is 0 Å². The molecule has 2 atom stereocenters. The molecule has 0 spiro atoms. The molecule has 2 unspecified atom stereocenters. The lowest BCUT2D eigenvalue weighted by atomic mass is 9.66. The summed E-state index contributed by atoms with van der Waals surface area (Å²) in [6.45, 7) is 5.22. The highest BCUT2D eigenvalue weighted by Gasteiger charge is 2.55. The average Bonchev–Trinajstić information content (AvgIpc) is 2.39. The second-order valence-electron chi connectivity index (χ2n) is 4.96. The van der Waals surface area contributed by atoms with Crippen molar-refractivity contribution < 1.29 is 19.4 Å². The molecule has 86 valence electrons. The number of rotatable bonds is 2. The molecule has 4 nitrogen and oxygen atoms in total. The summed E-state index contributed by atoms with van der Waals surface area (Å²) in [5.74, 6) is -1.77. The maximum atomic E-state index is 11.5. The Morgan fingerprint density at radius 1 is 1.33 bits per heavy atom. The van der Waals surface area contributed by atoms with Crippen LogP contribution in [0.2, 0.25) is 0 Å². The first-order chi connectivity index (χ1) is 6.77. The summed E-state index contributed by atoms with van der Waals surface area (Å²) in [6.07, 6.45) is 1.01. The van der Waals surface area contributed by atoms with Crippen molar-refractivity contribution in [3.05, 3.63) is 0 Å². The van der Waals surface area contributed by atoms with E-state index in [0.717, 1.165) is 0 Å². The molecule has 0 bridgehead atoms. The van der Waals surface area contributed by atoms with Crippen molar-refractivity contribution in [2.75, 3.05) is 7.11 Å². The summed E-state index contributed by atoms with van der Waals surface area (Å²) >= 11 is 0. The maximum Gasteiger partial charge on any atom is 0.309 e. The third-order valence-electron chi connectivity index (χ3n) is 4.16. The summed E-state index contributed by atoms with van der Waals surface area (Å²) in [5, 5.41) is 11.1. The van der Waals surface area contributed by atoms with Crippen LogP contribution in [-0.4, -0.2) is 19.0 Å². The Bertz CT molecular complexity index is 295. The molecule has 0 radical (unpaired) electrons. The fourth-order valence-corrected chi connectivity index (χ4v) is 2.42. The van der Waals surface area contributed by atoms with Gasteiger partial charge in [-0.25, -0.2) is 0 Å². The standard InChI is InChI=1S/C11H18O4/c1-10(2)7(8(12)15-4)5-6-11(10,3)9(13)14/h7H,5-6H2,1-4H3,(H,13,14)/p-1. The van der Waals surface area contributed by atoms with Crippen molar-refractivity contribution in [3.63, 3.8) is 0 Å². The molecule has 1 fully saturated rings. The molecule has 1 aliphatic carbocycles. The Kier molecular flexibility index (Phi) is 2.81. The van der Waals surface area contributed by atoms with E-state index in [0.29, 0.717) is 12.8 Å². The van der Waals surface area contributed by atoms with E-state index in [1.54, 1.807) is 20.8 Å². The van der Waals surface area contributed by atoms with Gasteiger partial charge in [-0.3, -0.25) is 4.79 Å². The Hall–Kier alpha value is -1.06. The van der Waals surface area contributed by atoms with Gasteiger partial charge >= 0.3 is 5.97 Å². The molecule has 0 aromatic rings. The van der Waals surface area contributed by atoms with E-state index in [4.69, 9.17) is 4.74 Å². The van der Waals surface area contributed by atoms with Crippen molar-refractivity contribution in [1.29, 1.82) is 0 Å². The second-order valence-corrected chi connectivity index (χ2v) is 4.96. The third kappa shape index (κ3) is 1.52. The summed E-state index contributed by atoms with van der Waals surface area (Å²) in [5.41, 5.74) is -1.58. The van der Waals surface area contributed by atoms with Crippen LogP contribution in [0.1, 0.15) is 33.6 Å². The number of methoxy groups -OCH3 is 1. The maximum absolute atomic E-state index is 11.5. The highest BCUT2D eigenvalue weighted by atomic mass is 16.5. The minimum atomic E-state index is -1.08. The molecule has 0 aliphatic heterocycles. The molecule has 0 aromatic heterocycles. The number of carboxylic acid groups (broad SMARTS) is 1. The normalized spacial score (nSPS) is 33.7. The summed E-state index contributed by atoms with van der Waals surface area (Å²) in [4.78, 5) is 22.6. The number of hydrogen-bond donors (Lipinski definition) is 0. The van der Waals surface area contributed by atoms with E-state index < -0.39 is 16.8 Å². The second kappa shape index (κ2) is 3.51. The van der Waals surface area contributed by atoms with E-state index in [1.165, 1.54) is 7.11 Å². The van der Waals surface area contributed by atoms with Crippen LogP contribution >= 0.6 is 0 Å². The predicted molar refractivity (Wildman–Crippen MR) is 51.6 cm³/mol. The molecule has 0 heterocycles. The van der Waals surface area contributed by atoms with Gasteiger partial charge in [-0.15, -0.1) is 0 Å². The molecule has 1 saturated carbocycles. The summed E-state index contributed by atoms with van der Waals surface area (Å²) < 4.78 is 4.69. The van der Waals surface area contributed by atoms with Gasteiger partial charge in [0.25, 0.3) is 0 Å². The van der Waals surface area contributed by atoms with E-state index >= 15 is 0 Å². The number of ether oxygens (including phenoxy) is 1. The molecular formula is C11H17O4-. The van der Waals surface area contributed by atoms with Gasteiger partial charge in [0.1, 0.15) is 0 Å². The van der Waals surface area contributed by atoms with E-state index in [2.05, 4.69) is 0 Å². The summed E-state index contributed by atoms with van der Waals surface area (Å²) in [6, 6.07) is 0. The van der Waals surface area contributed by atoms with Crippen molar-refractivity contribution in [2.45, 2.75) is 33.6 Å². The highest BCUT2D eigenvalue weighted by Crippen LogP contribution is 2.55. The zero-order valence-electron chi connectivity index (χ0n) is 9.62. The number of carbonyl (C=O) groups excluding carboxylic acids is 2. The monoisotopic (exact) mass is 213 g/mol. The fourth-order valence-electron chi connectivity index (χ4n) is 2.42. The minimum absolute atomic E-state index is 0.329. The molecule has 1 rings (SSSR count). The smallest absolute Gasteiger partial charge is 0.309 e. The first kappa shape index (κ1) is 12.0. The lowest BCUT2D eigenvalue weighted by Crippen LogP contribution is -2.49. The molecule has 0 aromatic carbocycles. The van der Waals surface area contributed by atoms with Crippen LogP contribution < -0.4 is 5.11 Å². The molecule has 0 amide bonds. The molecule has 4 heteroatoms. The van der Waals surface area contributed by atoms with Crippen LogP contribution in [-0.2, 0) is 14.3 Å². The Morgan fingerprint density at radius 3 is 2.20 bits per heavy atom. The Labute approximate surface area is 89.6 Å². The van der Waals surface area contributed by atoms with E-state index in [-0.39, 0.29) is 11.9 Å². The topological polar surface area (TPSA) is 66.4 Å². The SMILES string of the molecule is COC(=O)C1CCC(C)(C(=O)[O-])C1(C)C. The van der Waals surface area contributed by atoms with Gasteiger partial charge in [0.2, 0.25) is 0 Å². The predicted octanol–water partition coefficient (Wildman–Crippen LogP) is 0.352. The van der Waals surface area contributed by atoms with Crippen molar-refractivity contribution >= 4 is 11.9 Å². The largest absolute Gasteiger partial charge is 0.550 e.